The first kappa shape index (κ1) is 20.5. The Kier molecular flexibility index (Phi) is 6.46. The predicted octanol–water partition coefficient (Wildman–Crippen LogP) is 2.06. The molecular formula is C20H24N2O5S. The molecule has 1 amide bonds. The first-order chi connectivity index (χ1) is 13.4. The lowest BCUT2D eigenvalue weighted by atomic mass is 10.1. The zero-order valence-corrected chi connectivity index (χ0v) is 16.7. The number of benzene rings is 2. The largest absolute Gasteiger partial charge is 0.350 e. The molecule has 0 aromatic heterocycles. The van der Waals surface area contributed by atoms with E-state index in [1.165, 1.54) is 20.2 Å². The Morgan fingerprint density at radius 3 is 2.50 bits per heavy atom. The molecule has 2 aromatic carbocycles. The number of hydrogen-bond donors (Lipinski definition) is 1. The molecule has 0 bridgehead atoms. The van der Waals surface area contributed by atoms with Gasteiger partial charge < -0.3 is 14.8 Å². The number of sulfonamides is 1. The fourth-order valence-electron chi connectivity index (χ4n) is 2.91. The van der Waals surface area contributed by atoms with Crippen LogP contribution in [0.2, 0.25) is 0 Å². The molecule has 1 aliphatic heterocycles. The smallest absolute Gasteiger partial charge is 0.249 e. The predicted molar refractivity (Wildman–Crippen MR) is 104 cm³/mol. The molecule has 1 N–H and O–H groups in total. The van der Waals surface area contributed by atoms with E-state index in [9.17, 15) is 13.2 Å². The molecule has 150 valence electrons. The van der Waals surface area contributed by atoms with E-state index < -0.39 is 22.4 Å². The van der Waals surface area contributed by atoms with Gasteiger partial charge in [-0.3, -0.25) is 4.79 Å². The summed E-state index contributed by atoms with van der Waals surface area (Å²) < 4.78 is 37.5. The van der Waals surface area contributed by atoms with E-state index in [-0.39, 0.29) is 17.3 Å². The van der Waals surface area contributed by atoms with E-state index in [4.69, 9.17) is 9.47 Å². The first-order valence-corrected chi connectivity index (χ1v) is 10.4. The highest BCUT2D eigenvalue weighted by molar-refractivity contribution is 7.89. The van der Waals surface area contributed by atoms with E-state index in [1.54, 1.807) is 18.2 Å². The average molecular weight is 404 g/mol. The molecule has 1 fully saturated rings. The van der Waals surface area contributed by atoms with Crippen LogP contribution >= 0.6 is 0 Å². The maximum Gasteiger partial charge on any atom is 0.249 e. The van der Waals surface area contributed by atoms with Crippen molar-refractivity contribution in [2.24, 2.45) is 0 Å². The van der Waals surface area contributed by atoms with Gasteiger partial charge in [-0.25, -0.2) is 12.7 Å². The fraction of sp³-hybridized carbons (Fsp3) is 0.350. The molecule has 7 nitrogen and oxygen atoms in total. The van der Waals surface area contributed by atoms with Gasteiger partial charge in [0.25, 0.3) is 0 Å². The molecule has 2 aromatic rings. The van der Waals surface area contributed by atoms with Gasteiger partial charge in [0.2, 0.25) is 15.9 Å². The van der Waals surface area contributed by atoms with Crippen LogP contribution in [0.1, 0.15) is 23.8 Å². The van der Waals surface area contributed by atoms with Crippen LogP contribution in [0.25, 0.3) is 0 Å². The van der Waals surface area contributed by atoms with E-state index >= 15 is 0 Å². The first-order valence-electron chi connectivity index (χ1n) is 9.00. The lowest BCUT2D eigenvalue weighted by Crippen LogP contribution is -2.40. The number of nitrogens with one attached hydrogen (secondary N) is 1. The summed E-state index contributed by atoms with van der Waals surface area (Å²) in [4.78, 5) is 12.8. The lowest BCUT2D eigenvalue weighted by Gasteiger charge is -2.29. The van der Waals surface area contributed by atoms with Gasteiger partial charge in [-0.1, -0.05) is 48.5 Å². The Morgan fingerprint density at radius 1 is 1.11 bits per heavy atom. The van der Waals surface area contributed by atoms with Gasteiger partial charge in [0, 0.05) is 32.6 Å². The van der Waals surface area contributed by atoms with Gasteiger partial charge in [0.05, 0.1) is 11.5 Å². The number of hydrogen-bond acceptors (Lipinski definition) is 5. The quantitative estimate of drug-likeness (QED) is 0.797. The van der Waals surface area contributed by atoms with Gasteiger partial charge in [-0.2, -0.15) is 0 Å². The molecule has 0 radical (unpaired) electrons. The fourth-order valence-corrected chi connectivity index (χ4v) is 4.03. The lowest BCUT2D eigenvalue weighted by molar-refractivity contribution is -0.216. The minimum Gasteiger partial charge on any atom is -0.350 e. The molecule has 0 saturated carbocycles. The topological polar surface area (TPSA) is 84.9 Å². The minimum absolute atomic E-state index is 0.0960. The highest BCUT2D eigenvalue weighted by Gasteiger charge is 2.29. The monoisotopic (exact) mass is 404 g/mol. The number of rotatable bonds is 6. The maximum atomic E-state index is 12.6. The van der Waals surface area contributed by atoms with Crippen LogP contribution in [0.15, 0.2) is 59.5 Å². The Labute approximate surface area is 165 Å². The van der Waals surface area contributed by atoms with Gasteiger partial charge in [0.15, 0.2) is 6.29 Å². The van der Waals surface area contributed by atoms with Crippen molar-refractivity contribution in [3.05, 3.63) is 65.7 Å². The van der Waals surface area contributed by atoms with E-state index in [0.29, 0.717) is 18.6 Å². The van der Waals surface area contributed by atoms with Crippen LogP contribution in [0.4, 0.5) is 0 Å². The summed E-state index contributed by atoms with van der Waals surface area (Å²) in [5.74, 6) is -0.290. The number of nitrogens with zero attached hydrogens (tertiary/aromatic N) is 1. The Morgan fingerprint density at radius 2 is 1.79 bits per heavy atom. The second-order valence-electron chi connectivity index (χ2n) is 6.64. The SMILES string of the molecule is CN(C)S(=O)(=O)c1ccccc1CNC(=O)[C@@H]1CCO[C@@H](c2ccccc2)O1. The van der Waals surface area contributed by atoms with Crippen LogP contribution in [-0.2, 0) is 30.8 Å². The summed E-state index contributed by atoms with van der Waals surface area (Å²) in [5, 5.41) is 2.79. The van der Waals surface area contributed by atoms with Crippen molar-refractivity contribution >= 4 is 15.9 Å². The summed E-state index contributed by atoms with van der Waals surface area (Å²) in [7, 11) is -0.641. The molecule has 0 spiro atoms. The standard InChI is InChI=1S/C20H24N2O5S/c1-22(2)28(24,25)18-11-7-6-10-16(18)14-21-19(23)17-12-13-26-20(27-17)15-8-4-3-5-9-15/h3-11,17,20H,12-14H2,1-2H3,(H,21,23)/t17-,20+/m0/s1. The van der Waals surface area contributed by atoms with Crippen molar-refractivity contribution in [2.45, 2.75) is 30.3 Å². The molecule has 2 atom stereocenters. The summed E-state index contributed by atoms with van der Waals surface area (Å²) in [5.41, 5.74) is 1.37. The van der Waals surface area contributed by atoms with Crippen LogP contribution in [0.5, 0.6) is 0 Å². The van der Waals surface area contributed by atoms with Crippen molar-refractivity contribution in [3.8, 4) is 0 Å². The molecular weight excluding hydrogens is 380 g/mol. The van der Waals surface area contributed by atoms with E-state index in [1.807, 2.05) is 30.3 Å². The molecule has 28 heavy (non-hydrogen) atoms. The average Bonchev–Trinajstić information content (AvgIpc) is 2.72. The number of carbonyl (C=O) groups is 1. The van der Waals surface area contributed by atoms with Gasteiger partial charge >= 0.3 is 0 Å². The van der Waals surface area contributed by atoms with Crippen LogP contribution in [-0.4, -0.2) is 45.4 Å². The van der Waals surface area contributed by atoms with Gasteiger partial charge in [0.1, 0.15) is 6.10 Å². The highest BCUT2D eigenvalue weighted by Crippen LogP contribution is 2.26. The molecule has 0 unspecified atom stereocenters. The molecule has 1 heterocycles. The minimum atomic E-state index is -3.59. The Hall–Kier alpha value is -2.26. The zero-order valence-electron chi connectivity index (χ0n) is 15.9. The Balaban J connectivity index is 1.66. The third-order valence-corrected chi connectivity index (χ3v) is 6.40. The Bertz CT molecular complexity index is 915. The summed E-state index contributed by atoms with van der Waals surface area (Å²) in [6.45, 7) is 0.502. The van der Waals surface area contributed by atoms with Crippen LogP contribution < -0.4 is 5.32 Å². The zero-order chi connectivity index (χ0) is 20.1. The van der Waals surface area contributed by atoms with Crippen molar-refractivity contribution < 1.29 is 22.7 Å². The molecule has 1 aliphatic rings. The highest BCUT2D eigenvalue weighted by atomic mass is 32.2. The van der Waals surface area contributed by atoms with E-state index in [0.717, 1.165) is 9.87 Å². The second-order valence-corrected chi connectivity index (χ2v) is 8.76. The molecule has 1 saturated heterocycles. The molecule has 3 rings (SSSR count). The van der Waals surface area contributed by atoms with Crippen LogP contribution in [0, 0.1) is 0 Å². The second kappa shape index (κ2) is 8.83. The normalized spacial score (nSPS) is 20.1. The van der Waals surface area contributed by atoms with Gasteiger partial charge in [-0.05, 0) is 11.6 Å². The number of carbonyl (C=O) groups excluding carboxylic acids is 1. The van der Waals surface area contributed by atoms with Crippen molar-refractivity contribution in [2.75, 3.05) is 20.7 Å². The third-order valence-electron chi connectivity index (χ3n) is 4.49. The summed E-state index contributed by atoms with van der Waals surface area (Å²) in [6, 6.07) is 16.1. The molecule has 8 heteroatoms. The van der Waals surface area contributed by atoms with Crippen molar-refractivity contribution in [1.82, 2.24) is 9.62 Å². The maximum absolute atomic E-state index is 12.6. The summed E-state index contributed by atoms with van der Waals surface area (Å²) >= 11 is 0. The van der Waals surface area contributed by atoms with Gasteiger partial charge in [-0.15, -0.1) is 0 Å². The van der Waals surface area contributed by atoms with Crippen molar-refractivity contribution in [3.63, 3.8) is 0 Å². The van der Waals surface area contributed by atoms with E-state index in [2.05, 4.69) is 5.32 Å². The summed E-state index contributed by atoms with van der Waals surface area (Å²) in [6.07, 6.45) is -0.809. The third kappa shape index (κ3) is 4.59. The molecule has 0 aliphatic carbocycles. The van der Waals surface area contributed by atoms with Crippen LogP contribution in [0.3, 0.4) is 0 Å². The number of ether oxygens (including phenoxy) is 2. The van der Waals surface area contributed by atoms with Crippen molar-refractivity contribution in [1.29, 1.82) is 0 Å². The number of amides is 1.